The second-order valence-corrected chi connectivity index (χ2v) is 6.59. The summed E-state index contributed by atoms with van der Waals surface area (Å²) >= 11 is 1.82. The van der Waals surface area contributed by atoms with Crippen LogP contribution in [-0.4, -0.2) is 16.1 Å². The molecule has 1 aliphatic rings. The van der Waals surface area contributed by atoms with Gasteiger partial charge in [-0.15, -0.1) is 0 Å². The van der Waals surface area contributed by atoms with Gasteiger partial charge in [-0.3, -0.25) is 0 Å². The molecule has 0 bridgehead atoms. The molecule has 0 amide bonds. The van der Waals surface area contributed by atoms with Gasteiger partial charge in [0.25, 0.3) is 0 Å². The Morgan fingerprint density at radius 1 is 1.44 bits per heavy atom. The minimum atomic E-state index is -0.811. The van der Waals surface area contributed by atoms with Gasteiger partial charge in [0.1, 0.15) is 16.9 Å². The normalized spacial score (nSPS) is 28.7. The number of fused-ring (bicyclic) bond motifs is 1. The SMILES string of the molecule is Cc1cccc2cc(C3(O)CCCSC3C)oc12. The van der Waals surface area contributed by atoms with Crippen molar-refractivity contribution >= 4 is 22.7 Å². The molecule has 96 valence electrons. The van der Waals surface area contributed by atoms with Gasteiger partial charge in [0, 0.05) is 10.6 Å². The largest absolute Gasteiger partial charge is 0.458 e. The number of benzene rings is 1. The molecule has 0 aliphatic carbocycles. The molecule has 2 aromatic rings. The van der Waals surface area contributed by atoms with Crippen molar-refractivity contribution < 1.29 is 9.52 Å². The molecule has 1 saturated heterocycles. The maximum atomic E-state index is 10.9. The Hall–Kier alpha value is -0.930. The van der Waals surface area contributed by atoms with Crippen molar-refractivity contribution in [2.75, 3.05) is 5.75 Å². The van der Waals surface area contributed by atoms with E-state index in [-0.39, 0.29) is 5.25 Å². The summed E-state index contributed by atoms with van der Waals surface area (Å²) in [6.45, 7) is 4.13. The van der Waals surface area contributed by atoms with Crippen LogP contribution in [0.2, 0.25) is 0 Å². The van der Waals surface area contributed by atoms with Gasteiger partial charge in [-0.2, -0.15) is 11.8 Å². The topological polar surface area (TPSA) is 33.4 Å². The first kappa shape index (κ1) is 12.1. The summed E-state index contributed by atoms with van der Waals surface area (Å²) in [7, 11) is 0. The molecular weight excluding hydrogens is 244 g/mol. The fraction of sp³-hybridized carbons (Fsp3) is 0.467. The highest BCUT2D eigenvalue weighted by molar-refractivity contribution is 8.00. The average Bonchev–Trinajstić information content (AvgIpc) is 2.79. The summed E-state index contributed by atoms with van der Waals surface area (Å²) in [6, 6.07) is 8.11. The molecule has 0 radical (unpaired) electrons. The number of hydrogen-bond donors (Lipinski definition) is 1. The Kier molecular flexibility index (Phi) is 2.91. The molecule has 3 rings (SSSR count). The molecule has 1 aliphatic heterocycles. The lowest BCUT2D eigenvalue weighted by molar-refractivity contribution is 0.00573. The Balaban J connectivity index is 2.11. The van der Waals surface area contributed by atoms with Gasteiger partial charge in [0.15, 0.2) is 0 Å². The monoisotopic (exact) mass is 262 g/mol. The molecule has 0 spiro atoms. The van der Waals surface area contributed by atoms with Crippen LogP contribution in [0.15, 0.2) is 28.7 Å². The number of thioether (sulfide) groups is 1. The first-order valence-electron chi connectivity index (χ1n) is 6.45. The summed E-state index contributed by atoms with van der Waals surface area (Å²) in [5, 5.41) is 12.2. The van der Waals surface area contributed by atoms with Crippen molar-refractivity contribution in [3.05, 3.63) is 35.6 Å². The maximum Gasteiger partial charge on any atom is 0.138 e. The summed E-state index contributed by atoms with van der Waals surface area (Å²) in [6.07, 6.45) is 1.83. The Bertz CT molecular complexity index is 575. The third-order valence-corrected chi connectivity index (χ3v) is 5.32. The lowest BCUT2D eigenvalue weighted by Crippen LogP contribution is -2.38. The third kappa shape index (κ3) is 1.77. The van der Waals surface area contributed by atoms with Crippen molar-refractivity contribution in [3.8, 4) is 0 Å². The molecule has 1 N–H and O–H groups in total. The van der Waals surface area contributed by atoms with Gasteiger partial charge in [0.2, 0.25) is 0 Å². The van der Waals surface area contributed by atoms with Crippen LogP contribution in [0.25, 0.3) is 11.0 Å². The second kappa shape index (κ2) is 4.32. The molecule has 2 heterocycles. The predicted molar refractivity (Wildman–Crippen MR) is 76.0 cm³/mol. The zero-order valence-corrected chi connectivity index (χ0v) is 11.6. The Morgan fingerprint density at radius 3 is 3.00 bits per heavy atom. The first-order valence-corrected chi connectivity index (χ1v) is 7.50. The van der Waals surface area contributed by atoms with Gasteiger partial charge in [-0.1, -0.05) is 25.1 Å². The Morgan fingerprint density at radius 2 is 2.28 bits per heavy atom. The van der Waals surface area contributed by atoms with E-state index < -0.39 is 5.60 Å². The van der Waals surface area contributed by atoms with Gasteiger partial charge < -0.3 is 9.52 Å². The molecule has 18 heavy (non-hydrogen) atoms. The molecular formula is C15H18O2S. The van der Waals surface area contributed by atoms with E-state index >= 15 is 0 Å². The fourth-order valence-electron chi connectivity index (χ4n) is 2.69. The van der Waals surface area contributed by atoms with E-state index in [1.165, 1.54) is 0 Å². The molecule has 1 aromatic heterocycles. The smallest absolute Gasteiger partial charge is 0.138 e. The molecule has 2 unspecified atom stereocenters. The van der Waals surface area contributed by atoms with Gasteiger partial charge in [-0.05, 0) is 37.1 Å². The lowest BCUT2D eigenvalue weighted by atomic mass is 9.91. The fourth-order valence-corrected chi connectivity index (χ4v) is 3.86. The molecule has 2 atom stereocenters. The minimum Gasteiger partial charge on any atom is -0.458 e. The Labute approximate surface area is 111 Å². The highest BCUT2D eigenvalue weighted by atomic mass is 32.2. The third-order valence-electron chi connectivity index (χ3n) is 3.91. The van der Waals surface area contributed by atoms with Gasteiger partial charge >= 0.3 is 0 Å². The van der Waals surface area contributed by atoms with Crippen LogP contribution in [0.3, 0.4) is 0 Å². The molecule has 3 heteroatoms. The molecule has 1 aromatic carbocycles. The summed E-state index contributed by atoms with van der Waals surface area (Å²) in [4.78, 5) is 0. The number of furan rings is 1. The van der Waals surface area contributed by atoms with E-state index in [2.05, 4.69) is 6.92 Å². The number of aliphatic hydroxyl groups is 1. The van der Waals surface area contributed by atoms with Crippen molar-refractivity contribution in [1.29, 1.82) is 0 Å². The van der Waals surface area contributed by atoms with Crippen molar-refractivity contribution in [1.82, 2.24) is 0 Å². The minimum absolute atomic E-state index is 0.187. The summed E-state index contributed by atoms with van der Waals surface area (Å²) in [5.41, 5.74) is 1.22. The number of para-hydroxylation sites is 1. The quantitative estimate of drug-likeness (QED) is 0.847. The zero-order valence-electron chi connectivity index (χ0n) is 10.8. The van der Waals surface area contributed by atoms with E-state index in [1.807, 2.05) is 43.0 Å². The standard InChI is InChI=1S/C15H18O2S/c1-10-5-3-6-12-9-13(17-14(10)12)15(16)7-4-8-18-11(15)2/h3,5-6,9,11,16H,4,7-8H2,1-2H3. The average molecular weight is 262 g/mol. The van der Waals surface area contributed by atoms with Crippen LogP contribution >= 0.6 is 11.8 Å². The van der Waals surface area contributed by atoms with E-state index in [4.69, 9.17) is 4.42 Å². The highest BCUT2D eigenvalue weighted by Gasteiger charge is 2.41. The van der Waals surface area contributed by atoms with Gasteiger partial charge in [-0.25, -0.2) is 0 Å². The van der Waals surface area contributed by atoms with Crippen molar-refractivity contribution in [2.45, 2.75) is 37.5 Å². The maximum absolute atomic E-state index is 10.9. The van der Waals surface area contributed by atoms with E-state index in [9.17, 15) is 5.11 Å². The number of hydrogen-bond acceptors (Lipinski definition) is 3. The van der Waals surface area contributed by atoms with Crippen LogP contribution in [0, 0.1) is 6.92 Å². The van der Waals surface area contributed by atoms with Gasteiger partial charge in [0.05, 0.1) is 0 Å². The molecule has 2 nitrogen and oxygen atoms in total. The van der Waals surface area contributed by atoms with E-state index in [0.717, 1.165) is 40.9 Å². The first-order chi connectivity index (χ1) is 8.61. The second-order valence-electron chi connectivity index (χ2n) is 5.14. The van der Waals surface area contributed by atoms with Crippen LogP contribution in [-0.2, 0) is 5.60 Å². The van der Waals surface area contributed by atoms with Crippen LogP contribution in [0.5, 0.6) is 0 Å². The van der Waals surface area contributed by atoms with E-state index in [0.29, 0.717) is 0 Å². The van der Waals surface area contributed by atoms with Crippen LogP contribution in [0.1, 0.15) is 31.1 Å². The number of rotatable bonds is 1. The summed E-state index contributed by atoms with van der Waals surface area (Å²) < 4.78 is 5.95. The molecule has 0 saturated carbocycles. The van der Waals surface area contributed by atoms with E-state index in [1.54, 1.807) is 0 Å². The number of aryl methyl sites for hydroxylation is 1. The van der Waals surface area contributed by atoms with Crippen molar-refractivity contribution in [2.24, 2.45) is 0 Å². The highest BCUT2D eigenvalue weighted by Crippen LogP contribution is 2.43. The van der Waals surface area contributed by atoms with Crippen LogP contribution < -0.4 is 0 Å². The van der Waals surface area contributed by atoms with Crippen molar-refractivity contribution in [3.63, 3.8) is 0 Å². The molecule has 1 fully saturated rings. The zero-order chi connectivity index (χ0) is 12.8. The summed E-state index contributed by atoms with van der Waals surface area (Å²) in [5.74, 6) is 1.86. The van der Waals surface area contributed by atoms with Crippen LogP contribution in [0.4, 0.5) is 0 Å². The lowest BCUT2D eigenvalue weighted by Gasteiger charge is -2.35. The predicted octanol–water partition coefficient (Wildman–Crippen LogP) is 3.84.